The van der Waals surface area contributed by atoms with Crippen LogP contribution >= 0.6 is 22.6 Å². The van der Waals surface area contributed by atoms with Gasteiger partial charge in [0, 0.05) is 31.7 Å². The molecule has 1 fully saturated rings. The smallest absolute Gasteiger partial charge is 0.248 e. The third-order valence-electron chi connectivity index (χ3n) is 9.04. The fraction of sp³-hybridized carbons (Fsp3) is 0.714. The number of carbonyl (C=O) groups is 2. The fourth-order valence-electron chi connectivity index (χ4n) is 6.49. The monoisotopic (exact) mass is 774 g/mol. The number of carbonyl (C=O) groups excluding carboxylic acids is 2. The molecule has 1 aromatic rings. The lowest BCUT2D eigenvalue weighted by Gasteiger charge is -2.41. The number of ether oxygens (including phenoxy) is 4. The molecule has 0 aromatic heterocycles. The van der Waals surface area contributed by atoms with Gasteiger partial charge >= 0.3 is 0 Å². The van der Waals surface area contributed by atoms with Crippen LogP contribution in [0.3, 0.4) is 0 Å². The Bertz CT molecular complexity index is 1190. The SMILES string of the molecule is COc1cc(CO)cc(I)c1OC1C=C(C(=O)NCCO)CC(N(CCCOC(C)C)C(=O)COC2CC(C)CCC2C(C)C)C1O. The van der Waals surface area contributed by atoms with Crippen molar-refractivity contribution in [1.29, 1.82) is 0 Å². The van der Waals surface area contributed by atoms with Crippen LogP contribution in [0.4, 0.5) is 0 Å². The molecule has 2 aliphatic carbocycles. The van der Waals surface area contributed by atoms with Gasteiger partial charge < -0.3 is 44.5 Å². The lowest BCUT2D eigenvalue weighted by Crippen LogP contribution is -2.56. The van der Waals surface area contributed by atoms with Crippen molar-refractivity contribution in [2.24, 2.45) is 17.8 Å². The summed E-state index contributed by atoms with van der Waals surface area (Å²) in [4.78, 5) is 28.9. The molecular weight excluding hydrogens is 719 g/mol. The van der Waals surface area contributed by atoms with Crippen molar-refractivity contribution in [2.45, 2.75) is 104 Å². The Labute approximate surface area is 293 Å². The summed E-state index contributed by atoms with van der Waals surface area (Å²) in [6.07, 6.45) is 3.07. The Morgan fingerprint density at radius 3 is 2.53 bits per heavy atom. The minimum atomic E-state index is -1.20. The van der Waals surface area contributed by atoms with Crippen LogP contribution in [0.25, 0.3) is 0 Å². The zero-order chi connectivity index (χ0) is 34.7. The molecule has 1 saturated carbocycles. The average Bonchev–Trinajstić information content (AvgIpc) is 3.03. The summed E-state index contributed by atoms with van der Waals surface area (Å²) >= 11 is 2.07. The lowest BCUT2D eigenvalue weighted by atomic mass is 9.75. The molecule has 11 nitrogen and oxygen atoms in total. The molecule has 1 aromatic carbocycles. The van der Waals surface area contributed by atoms with Gasteiger partial charge in [-0.3, -0.25) is 9.59 Å². The molecule has 6 unspecified atom stereocenters. The number of halogens is 1. The predicted molar refractivity (Wildman–Crippen MR) is 187 cm³/mol. The van der Waals surface area contributed by atoms with Crippen molar-refractivity contribution in [3.63, 3.8) is 0 Å². The van der Waals surface area contributed by atoms with Gasteiger partial charge in [-0.1, -0.05) is 27.2 Å². The first-order chi connectivity index (χ1) is 22.4. The van der Waals surface area contributed by atoms with Gasteiger partial charge in [0.25, 0.3) is 0 Å². The zero-order valence-electron chi connectivity index (χ0n) is 28.7. The quantitative estimate of drug-likeness (QED) is 0.137. The van der Waals surface area contributed by atoms with Crippen LogP contribution in [-0.2, 0) is 25.7 Å². The van der Waals surface area contributed by atoms with Crippen molar-refractivity contribution in [3.8, 4) is 11.5 Å². The van der Waals surface area contributed by atoms with E-state index in [-0.39, 0.29) is 57.4 Å². The third kappa shape index (κ3) is 11.3. The van der Waals surface area contributed by atoms with Gasteiger partial charge in [-0.25, -0.2) is 0 Å². The van der Waals surface area contributed by atoms with E-state index in [9.17, 15) is 24.9 Å². The number of aliphatic hydroxyl groups is 3. The summed E-state index contributed by atoms with van der Waals surface area (Å²) in [5.74, 6) is 1.34. The fourth-order valence-corrected chi connectivity index (χ4v) is 7.28. The first-order valence-corrected chi connectivity index (χ1v) is 17.9. The first kappa shape index (κ1) is 39.5. The number of nitrogens with zero attached hydrogens (tertiary/aromatic N) is 1. The van der Waals surface area contributed by atoms with E-state index in [2.05, 4.69) is 48.7 Å². The van der Waals surface area contributed by atoms with Gasteiger partial charge in [-0.2, -0.15) is 0 Å². The molecule has 0 aliphatic heterocycles. The van der Waals surface area contributed by atoms with E-state index in [0.717, 1.165) is 19.3 Å². The van der Waals surface area contributed by atoms with E-state index < -0.39 is 24.2 Å². The van der Waals surface area contributed by atoms with Crippen LogP contribution < -0.4 is 14.8 Å². The topological polar surface area (TPSA) is 147 Å². The number of nitrogens with one attached hydrogen (secondary N) is 1. The molecule has 4 N–H and O–H groups in total. The molecule has 3 rings (SSSR count). The molecule has 12 heteroatoms. The van der Waals surface area contributed by atoms with E-state index in [0.29, 0.717) is 57.0 Å². The van der Waals surface area contributed by atoms with Crippen molar-refractivity contribution < 1.29 is 43.9 Å². The van der Waals surface area contributed by atoms with Crippen molar-refractivity contribution in [1.82, 2.24) is 10.2 Å². The number of benzene rings is 1. The van der Waals surface area contributed by atoms with Crippen LogP contribution in [0.2, 0.25) is 0 Å². The maximum atomic E-state index is 14.1. The van der Waals surface area contributed by atoms with Crippen LogP contribution in [-0.4, -0.2) is 103 Å². The number of methoxy groups -OCH3 is 1. The molecule has 0 heterocycles. The molecule has 0 spiro atoms. The average molecular weight is 775 g/mol. The van der Waals surface area contributed by atoms with E-state index in [1.807, 2.05) is 13.8 Å². The highest BCUT2D eigenvalue weighted by Gasteiger charge is 2.41. The van der Waals surface area contributed by atoms with Gasteiger partial charge in [0.2, 0.25) is 11.8 Å². The van der Waals surface area contributed by atoms with Crippen molar-refractivity contribution in [3.05, 3.63) is 32.9 Å². The number of amides is 2. The number of hydrogen-bond donors (Lipinski definition) is 4. The Balaban J connectivity index is 1.94. The summed E-state index contributed by atoms with van der Waals surface area (Å²) in [6, 6.07) is 2.60. The highest BCUT2D eigenvalue weighted by molar-refractivity contribution is 14.1. The maximum absolute atomic E-state index is 14.1. The molecule has 6 atom stereocenters. The van der Waals surface area contributed by atoms with E-state index in [4.69, 9.17) is 18.9 Å². The summed E-state index contributed by atoms with van der Waals surface area (Å²) < 4.78 is 24.7. The first-order valence-electron chi connectivity index (χ1n) is 16.8. The van der Waals surface area contributed by atoms with E-state index in [1.165, 1.54) is 7.11 Å². The molecule has 266 valence electrons. The molecule has 0 radical (unpaired) electrons. The highest BCUT2D eigenvalue weighted by Crippen LogP contribution is 2.38. The molecule has 0 saturated heterocycles. The summed E-state index contributed by atoms with van der Waals surface area (Å²) in [7, 11) is 1.49. The Kier molecular flexibility index (Phi) is 16.2. The second-order valence-electron chi connectivity index (χ2n) is 13.3. The molecule has 2 aliphatic rings. The standard InChI is InChI=1S/C35H55IN2O9/c1-21(2)26-9-8-23(5)14-29(26)46-20-32(41)38(11-7-13-45-22(3)4)28-17-25(35(43)37-10-12-39)18-30(33(28)42)47-34-27(36)15-24(19-40)16-31(34)44-6/h15-16,18,21-23,26,28-30,33,39-40,42H,7-14,17,19-20H2,1-6H3,(H,37,43). The van der Waals surface area contributed by atoms with Gasteiger partial charge in [0.15, 0.2) is 11.5 Å². The highest BCUT2D eigenvalue weighted by atomic mass is 127. The molecule has 2 amide bonds. The zero-order valence-corrected chi connectivity index (χ0v) is 30.9. The Hall–Kier alpha value is -1.97. The van der Waals surface area contributed by atoms with Gasteiger partial charge in [-0.05, 0) is 97.2 Å². The van der Waals surface area contributed by atoms with Crippen molar-refractivity contribution in [2.75, 3.05) is 40.0 Å². The number of rotatable bonds is 17. The maximum Gasteiger partial charge on any atom is 0.248 e. The van der Waals surface area contributed by atoms with E-state index in [1.54, 1.807) is 23.1 Å². The minimum Gasteiger partial charge on any atom is -0.493 e. The van der Waals surface area contributed by atoms with Crippen LogP contribution in [0.15, 0.2) is 23.8 Å². The van der Waals surface area contributed by atoms with Crippen LogP contribution in [0.5, 0.6) is 11.5 Å². The van der Waals surface area contributed by atoms with Crippen LogP contribution in [0.1, 0.15) is 72.3 Å². The largest absolute Gasteiger partial charge is 0.493 e. The second kappa shape index (κ2) is 19.3. The number of hydrogen-bond acceptors (Lipinski definition) is 9. The Morgan fingerprint density at radius 1 is 1.15 bits per heavy atom. The van der Waals surface area contributed by atoms with Gasteiger partial charge in [-0.15, -0.1) is 0 Å². The Morgan fingerprint density at radius 2 is 1.89 bits per heavy atom. The third-order valence-corrected chi connectivity index (χ3v) is 9.84. The molecule has 47 heavy (non-hydrogen) atoms. The number of aliphatic hydroxyl groups excluding tert-OH is 3. The molecular formula is C35H55IN2O9. The second-order valence-corrected chi connectivity index (χ2v) is 14.5. The van der Waals surface area contributed by atoms with E-state index >= 15 is 0 Å². The summed E-state index contributed by atoms with van der Waals surface area (Å²) in [6.45, 7) is 10.7. The predicted octanol–water partition coefficient (Wildman–Crippen LogP) is 3.83. The molecule has 0 bridgehead atoms. The van der Waals surface area contributed by atoms with Gasteiger partial charge in [0.1, 0.15) is 18.8 Å². The van der Waals surface area contributed by atoms with Crippen molar-refractivity contribution >= 4 is 34.4 Å². The summed E-state index contributed by atoms with van der Waals surface area (Å²) in [5, 5.41) is 33.6. The normalized spacial score (nSPS) is 24.6. The lowest BCUT2D eigenvalue weighted by molar-refractivity contribution is -0.148. The minimum absolute atomic E-state index is 0.0289. The summed E-state index contributed by atoms with van der Waals surface area (Å²) in [5.41, 5.74) is 0.963. The van der Waals surface area contributed by atoms with Gasteiger partial charge in [0.05, 0.1) is 42.1 Å². The van der Waals surface area contributed by atoms with Crippen LogP contribution in [0, 0.1) is 21.3 Å².